The highest BCUT2D eigenvalue weighted by molar-refractivity contribution is 6.08. The Morgan fingerprint density at radius 2 is 1.70 bits per heavy atom. The van der Waals surface area contributed by atoms with Crippen LogP contribution in [0.2, 0.25) is 0 Å². The third-order valence-corrected chi connectivity index (χ3v) is 5.22. The highest BCUT2D eigenvalue weighted by Crippen LogP contribution is 2.36. The lowest BCUT2D eigenvalue weighted by Crippen LogP contribution is -2.48. The number of hydrogen-bond acceptors (Lipinski definition) is 5. The lowest BCUT2D eigenvalue weighted by Gasteiger charge is -2.22. The maximum absolute atomic E-state index is 12.6. The minimum atomic E-state index is -0.837. The Morgan fingerprint density at radius 3 is 2.26 bits per heavy atom. The van der Waals surface area contributed by atoms with Crippen molar-refractivity contribution in [2.75, 3.05) is 14.2 Å². The Labute approximate surface area is 158 Å². The first-order valence-electron chi connectivity index (χ1n) is 8.98. The number of fused-ring (bicyclic) bond motifs is 1. The van der Waals surface area contributed by atoms with Crippen molar-refractivity contribution in [3.8, 4) is 11.5 Å². The van der Waals surface area contributed by atoms with Crippen LogP contribution >= 0.6 is 0 Å². The molecule has 3 rings (SSSR count). The topological polar surface area (TPSA) is 84.9 Å². The summed E-state index contributed by atoms with van der Waals surface area (Å²) in [6, 6.07) is 4.51. The fraction of sp³-hybridized carbons (Fsp3) is 0.450. The third kappa shape index (κ3) is 3.54. The molecule has 3 amide bonds. The molecule has 7 heteroatoms. The van der Waals surface area contributed by atoms with E-state index in [1.807, 2.05) is 18.2 Å². The van der Waals surface area contributed by atoms with Gasteiger partial charge in [0.2, 0.25) is 17.7 Å². The Bertz CT molecular complexity index is 763. The van der Waals surface area contributed by atoms with Crippen molar-refractivity contribution in [3.63, 3.8) is 0 Å². The average molecular weight is 372 g/mol. The van der Waals surface area contributed by atoms with E-state index in [4.69, 9.17) is 9.47 Å². The van der Waals surface area contributed by atoms with E-state index in [1.165, 1.54) is 0 Å². The fourth-order valence-corrected chi connectivity index (χ4v) is 3.65. The molecule has 144 valence electrons. The number of rotatable bonds is 6. The first kappa shape index (κ1) is 18.9. The molecule has 1 fully saturated rings. The zero-order valence-corrected chi connectivity index (χ0v) is 15.7. The van der Waals surface area contributed by atoms with Gasteiger partial charge in [0, 0.05) is 6.54 Å². The number of carbonyl (C=O) groups excluding carboxylic acids is 3. The summed E-state index contributed by atoms with van der Waals surface area (Å²) in [7, 11) is 3.10. The van der Waals surface area contributed by atoms with Crippen LogP contribution in [0, 0.1) is 11.8 Å². The van der Waals surface area contributed by atoms with Crippen LogP contribution in [-0.4, -0.2) is 42.9 Å². The normalized spacial score (nSPS) is 22.4. The summed E-state index contributed by atoms with van der Waals surface area (Å²) in [6.07, 6.45) is 4.98. The highest BCUT2D eigenvalue weighted by Gasteiger charge is 2.50. The largest absolute Gasteiger partial charge is 0.493 e. The van der Waals surface area contributed by atoms with Gasteiger partial charge in [0.05, 0.1) is 26.1 Å². The highest BCUT2D eigenvalue weighted by atomic mass is 16.5. The minimum absolute atomic E-state index is 0.247. The summed E-state index contributed by atoms with van der Waals surface area (Å²) in [5.74, 6) is -0.347. The van der Waals surface area contributed by atoms with Crippen molar-refractivity contribution < 1.29 is 23.9 Å². The number of nitrogens with zero attached hydrogens (tertiary/aromatic N) is 1. The molecule has 0 saturated carbocycles. The van der Waals surface area contributed by atoms with E-state index in [0.29, 0.717) is 24.3 Å². The van der Waals surface area contributed by atoms with Gasteiger partial charge in [-0.2, -0.15) is 0 Å². The molecule has 0 radical (unpaired) electrons. The maximum atomic E-state index is 12.6. The van der Waals surface area contributed by atoms with Gasteiger partial charge in [-0.25, -0.2) is 0 Å². The molecule has 0 unspecified atom stereocenters. The molecule has 0 spiro atoms. The van der Waals surface area contributed by atoms with E-state index in [-0.39, 0.29) is 36.1 Å². The van der Waals surface area contributed by atoms with E-state index in [2.05, 4.69) is 5.32 Å². The Hall–Kier alpha value is -2.83. The number of methoxy groups -OCH3 is 2. The number of ether oxygens (including phenoxy) is 2. The van der Waals surface area contributed by atoms with Crippen LogP contribution in [0.5, 0.6) is 11.5 Å². The first-order chi connectivity index (χ1) is 13.0. The summed E-state index contributed by atoms with van der Waals surface area (Å²) >= 11 is 0. The molecule has 1 heterocycles. The van der Waals surface area contributed by atoms with Gasteiger partial charge in [-0.15, -0.1) is 0 Å². The standard InChI is InChI=1S/C20H24N2O5/c1-12(22-19(24)14-6-4-5-7-15(14)20(22)25)18(23)21-11-13-8-9-16(26-2)17(10-13)27-3/h4-5,8-10,12,14-15H,6-7,11H2,1-3H3,(H,21,23)/t12-,14-,15+/m1/s1. The van der Waals surface area contributed by atoms with Gasteiger partial charge in [-0.1, -0.05) is 18.2 Å². The number of allylic oxidation sites excluding steroid dienone is 2. The minimum Gasteiger partial charge on any atom is -0.493 e. The van der Waals surface area contributed by atoms with Crippen LogP contribution < -0.4 is 14.8 Å². The van der Waals surface area contributed by atoms with Crippen molar-refractivity contribution in [1.82, 2.24) is 10.2 Å². The molecular formula is C20H24N2O5. The van der Waals surface area contributed by atoms with Gasteiger partial charge < -0.3 is 14.8 Å². The van der Waals surface area contributed by atoms with Gasteiger partial charge in [-0.3, -0.25) is 19.3 Å². The van der Waals surface area contributed by atoms with Crippen molar-refractivity contribution in [3.05, 3.63) is 35.9 Å². The summed E-state index contributed by atoms with van der Waals surface area (Å²) in [5.41, 5.74) is 0.824. The van der Waals surface area contributed by atoms with Gasteiger partial charge >= 0.3 is 0 Å². The Balaban J connectivity index is 1.64. The summed E-state index contributed by atoms with van der Waals surface area (Å²) in [4.78, 5) is 38.9. The van der Waals surface area contributed by atoms with Crippen molar-refractivity contribution in [2.45, 2.75) is 32.4 Å². The molecule has 2 aliphatic rings. The van der Waals surface area contributed by atoms with Crippen LogP contribution in [0.15, 0.2) is 30.4 Å². The van der Waals surface area contributed by atoms with E-state index >= 15 is 0 Å². The zero-order valence-electron chi connectivity index (χ0n) is 15.7. The van der Waals surface area contributed by atoms with Gasteiger partial charge in [0.1, 0.15) is 6.04 Å². The number of hydrogen-bond donors (Lipinski definition) is 1. The molecule has 1 N–H and O–H groups in total. The number of imide groups is 1. The van der Waals surface area contributed by atoms with E-state index < -0.39 is 6.04 Å². The number of carbonyl (C=O) groups is 3. The second kappa shape index (κ2) is 7.82. The number of amides is 3. The second-order valence-corrected chi connectivity index (χ2v) is 6.79. The van der Waals surface area contributed by atoms with Gasteiger partial charge in [-0.05, 0) is 37.5 Å². The quantitative estimate of drug-likeness (QED) is 0.606. The number of likely N-dealkylation sites (tertiary alicyclic amines) is 1. The van der Waals surface area contributed by atoms with E-state index in [0.717, 1.165) is 10.5 Å². The molecule has 1 saturated heterocycles. The fourth-order valence-electron chi connectivity index (χ4n) is 3.65. The average Bonchev–Trinajstić information content (AvgIpc) is 2.96. The lowest BCUT2D eigenvalue weighted by atomic mass is 9.85. The molecule has 1 aromatic carbocycles. The van der Waals surface area contributed by atoms with E-state index in [1.54, 1.807) is 33.3 Å². The zero-order chi connectivity index (χ0) is 19.6. The van der Waals surface area contributed by atoms with Crippen LogP contribution in [0.1, 0.15) is 25.3 Å². The van der Waals surface area contributed by atoms with Crippen molar-refractivity contribution in [1.29, 1.82) is 0 Å². The van der Waals surface area contributed by atoms with Gasteiger partial charge in [0.25, 0.3) is 0 Å². The van der Waals surface area contributed by atoms with Crippen LogP contribution in [0.25, 0.3) is 0 Å². The molecule has 7 nitrogen and oxygen atoms in total. The monoisotopic (exact) mass is 372 g/mol. The number of nitrogens with one attached hydrogen (secondary N) is 1. The van der Waals surface area contributed by atoms with Crippen LogP contribution in [-0.2, 0) is 20.9 Å². The first-order valence-corrected chi connectivity index (χ1v) is 8.98. The predicted molar refractivity (Wildman–Crippen MR) is 98.1 cm³/mol. The predicted octanol–water partition coefficient (Wildman–Crippen LogP) is 1.66. The van der Waals surface area contributed by atoms with Crippen LogP contribution in [0.4, 0.5) is 0 Å². The summed E-state index contributed by atoms with van der Waals surface area (Å²) in [5, 5.41) is 2.79. The third-order valence-electron chi connectivity index (χ3n) is 5.22. The van der Waals surface area contributed by atoms with Crippen molar-refractivity contribution >= 4 is 17.7 Å². The molecule has 0 aromatic heterocycles. The second-order valence-electron chi connectivity index (χ2n) is 6.79. The summed E-state index contributed by atoms with van der Waals surface area (Å²) < 4.78 is 10.4. The van der Waals surface area contributed by atoms with Crippen molar-refractivity contribution in [2.24, 2.45) is 11.8 Å². The van der Waals surface area contributed by atoms with Crippen LogP contribution in [0.3, 0.4) is 0 Å². The SMILES string of the molecule is COc1ccc(CNC(=O)[C@@H](C)N2C(=O)[C@H]3CC=CC[C@H]3C2=O)cc1OC. The molecular weight excluding hydrogens is 348 g/mol. The molecule has 3 atom stereocenters. The molecule has 1 aliphatic heterocycles. The molecule has 1 aliphatic carbocycles. The Morgan fingerprint density at radius 1 is 1.11 bits per heavy atom. The smallest absolute Gasteiger partial charge is 0.243 e. The lowest BCUT2D eigenvalue weighted by molar-refractivity contribution is -0.147. The Kier molecular flexibility index (Phi) is 5.48. The maximum Gasteiger partial charge on any atom is 0.243 e. The number of benzene rings is 1. The molecule has 1 aromatic rings. The molecule has 0 bridgehead atoms. The van der Waals surface area contributed by atoms with E-state index in [9.17, 15) is 14.4 Å². The molecule has 27 heavy (non-hydrogen) atoms. The summed E-state index contributed by atoms with van der Waals surface area (Å²) in [6.45, 7) is 1.85. The van der Waals surface area contributed by atoms with Gasteiger partial charge in [0.15, 0.2) is 11.5 Å².